The van der Waals surface area contributed by atoms with Crippen LogP contribution < -0.4 is 5.32 Å². The van der Waals surface area contributed by atoms with Crippen LogP contribution in [0.2, 0.25) is 0 Å². The molecule has 2 rings (SSSR count). The Kier molecular flexibility index (Phi) is 5.73. The molecule has 2 heterocycles. The lowest BCUT2D eigenvalue weighted by atomic mass is 9.92. The van der Waals surface area contributed by atoms with Gasteiger partial charge in [0.05, 0.1) is 43.2 Å². The highest BCUT2D eigenvalue weighted by molar-refractivity contribution is 5.85. The summed E-state index contributed by atoms with van der Waals surface area (Å²) in [6.45, 7) is 7.83. The molecular weight excluding hydrogens is 322 g/mol. The molecule has 0 radical (unpaired) electrons. The summed E-state index contributed by atoms with van der Waals surface area (Å²) in [5.74, 6) is -0.126. The first-order valence-electron chi connectivity index (χ1n) is 8.16. The van der Waals surface area contributed by atoms with Gasteiger partial charge < -0.3 is 19.7 Å². The second-order valence-corrected chi connectivity index (χ2v) is 6.74. The number of aliphatic hydroxyl groups excluding tert-OH is 1. The summed E-state index contributed by atoms with van der Waals surface area (Å²) in [4.78, 5) is 24.7. The van der Waals surface area contributed by atoms with Gasteiger partial charge in [0.1, 0.15) is 5.82 Å². The fraction of sp³-hybridized carbons (Fsp3) is 0.529. The maximum Gasteiger partial charge on any atom is 0.376 e. The monoisotopic (exact) mass is 347 g/mol. The van der Waals surface area contributed by atoms with Gasteiger partial charge in [0.25, 0.3) is 0 Å². The van der Waals surface area contributed by atoms with E-state index < -0.39 is 12.0 Å². The van der Waals surface area contributed by atoms with Gasteiger partial charge in [0, 0.05) is 18.5 Å². The zero-order valence-electron chi connectivity index (χ0n) is 15.3. The van der Waals surface area contributed by atoms with Crippen LogP contribution in [-0.2, 0) is 17.2 Å². The SMILES string of the molecule is CCOC(=O)c1nc(NC(CO)c2cncn2C)cc(C(C)(C)C)n1. The fourth-order valence-corrected chi connectivity index (χ4v) is 2.29. The van der Waals surface area contributed by atoms with E-state index in [0.717, 1.165) is 5.69 Å². The van der Waals surface area contributed by atoms with Crippen molar-refractivity contribution in [1.29, 1.82) is 0 Å². The first-order chi connectivity index (χ1) is 11.8. The number of ether oxygens (including phenoxy) is 1. The number of aliphatic hydroxyl groups is 1. The minimum absolute atomic E-state index is 0.00142. The van der Waals surface area contributed by atoms with Crippen LogP contribution in [-0.4, -0.2) is 43.8 Å². The molecule has 25 heavy (non-hydrogen) atoms. The van der Waals surface area contributed by atoms with E-state index >= 15 is 0 Å². The third-order valence-corrected chi connectivity index (χ3v) is 3.67. The Hall–Kier alpha value is -2.48. The summed E-state index contributed by atoms with van der Waals surface area (Å²) in [6.07, 6.45) is 3.33. The van der Waals surface area contributed by atoms with Crippen LogP contribution in [0.15, 0.2) is 18.6 Å². The molecule has 2 aromatic heterocycles. The zero-order valence-corrected chi connectivity index (χ0v) is 15.3. The Balaban J connectivity index is 2.40. The minimum Gasteiger partial charge on any atom is -0.460 e. The van der Waals surface area contributed by atoms with Crippen LogP contribution in [0.1, 0.15) is 55.7 Å². The van der Waals surface area contributed by atoms with E-state index in [1.165, 1.54) is 0 Å². The predicted molar refractivity (Wildman–Crippen MR) is 93.3 cm³/mol. The van der Waals surface area contributed by atoms with E-state index in [9.17, 15) is 9.90 Å². The van der Waals surface area contributed by atoms with Crippen molar-refractivity contribution in [2.75, 3.05) is 18.5 Å². The van der Waals surface area contributed by atoms with Gasteiger partial charge in [-0.15, -0.1) is 0 Å². The molecule has 2 N–H and O–H groups in total. The molecule has 1 atom stereocenters. The molecular formula is C17H25N5O3. The molecule has 1 unspecified atom stereocenters. The molecule has 0 aliphatic carbocycles. The van der Waals surface area contributed by atoms with Crippen molar-refractivity contribution in [3.63, 3.8) is 0 Å². The van der Waals surface area contributed by atoms with Crippen molar-refractivity contribution in [1.82, 2.24) is 19.5 Å². The number of imidazole rings is 1. The number of nitrogens with one attached hydrogen (secondary N) is 1. The molecule has 136 valence electrons. The topological polar surface area (TPSA) is 102 Å². The summed E-state index contributed by atoms with van der Waals surface area (Å²) < 4.78 is 6.83. The second kappa shape index (κ2) is 7.60. The number of aryl methyl sites for hydroxylation is 1. The normalized spacial score (nSPS) is 12.7. The van der Waals surface area contributed by atoms with Crippen LogP contribution in [0, 0.1) is 0 Å². The van der Waals surface area contributed by atoms with E-state index in [2.05, 4.69) is 20.3 Å². The van der Waals surface area contributed by atoms with Crippen molar-refractivity contribution >= 4 is 11.8 Å². The highest BCUT2D eigenvalue weighted by Gasteiger charge is 2.23. The van der Waals surface area contributed by atoms with Crippen LogP contribution in [0.4, 0.5) is 5.82 Å². The quantitative estimate of drug-likeness (QED) is 0.769. The van der Waals surface area contributed by atoms with E-state index in [4.69, 9.17) is 4.74 Å². The molecule has 0 amide bonds. The van der Waals surface area contributed by atoms with Gasteiger partial charge in [-0.3, -0.25) is 0 Å². The second-order valence-electron chi connectivity index (χ2n) is 6.74. The highest BCUT2D eigenvalue weighted by Crippen LogP contribution is 2.24. The average Bonchev–Trinajstić information content (AvgIpc) is 2.97. The summed E-state index contributed by atoms with van der Waals surface area (Å²) in [5.41, 5.74) is 1.23. The van der Waals surface area contributed by atoms with Crippen molar-refractivity contribution in [2.45, 2.75) is 39.2 Å². The van der Waals surface area contributed by atoms with E-state index in [1.54, 1.807) is 25.5 Å². The summed E-state index contributed by atoms with van der Waals surface area (Å²) in [6, 6.07) is 1.37. The van der Waals surface area contributed by atoms with Gasteiger partial charge in [0.15, 0.2) is 0 Å². The Morgan fingerprint density at radius 1 is 1.40 bits per heavy atom. The number of hydrogen-bond acceptors (Lipinski definition) is 7. The van der Waals surface area contributed by atoms with Gasteiger partial charge in [0.2, 0.25) is 5.82 Å². The van der Waals surface area contributed by atoms with Gasteiger partial charge in [-0.2, -0.15) is 0 Å². The lowest BCUT2D eigenvalue weighted by Crippen LogP contribution is -2.22. The Bertz CT molecular complexity index is 736. The Morgan fingerprint density at radius 2 is 2.12 bits per heavy atom. The van der Waals surface area contributed by atoms with Gasteiger partial charge in [-0.05, 0) is 6.92 Å². The summed E-state index contributed by atoms with van der Waals surface area (Å²) in [5, 5.41) is 12.9. The lowest BCUT2D eigenvalue weighted by molar-refractivity contribution is 0.0511. The molecule has 8 heteroatoms. The molecule has 0 aliphatic heterocycles. The third kappa shape index (κ3) is 4.54. The zero-order chi connectivity index (χ0) is 18.6. The van der Waals surface area contributed by atoms with Gasteiger partial charge in [-0.25, -0.2) is 19.7 Å². The highest BCUT2D eigenvalue weighted by atomic mass is 16.5. The number of carbonyl (C=O) groups excluding carboxylic acids is 1. The van der Waals surface area contributed by atoms with Crippen LogP contribution in [0.5, 0.6) is 0 Å². The third-order valence-electron chi connectivity index (χ3n) is 3.67. The Morgan fingerprint density at radius 3 is 2.64 bits per heavy atom. The summed E-state index contributed by atoms with van der Waals surface area (Å²) in [7, 11) is 1.84. The number of esters is 1. The van der Waals surface area contributed by atoms with Crippen molar-refractivity contribution in [2.24, 2.45) is 7.05 Å². The van der Waals surface area contributed by atoms with Crippen molar-refractivity contribution in [3.8, 4) is 0 Å². The van der Waals surface area contributed by atoms with Crippen molar-refractivity contribution < 1.29 is 14.6 Å². The van der Waals surface area contributed by atoms with Gasteiger partial charge in [-0.1, -0.05) is 20.8 Å². The number of rotatable bonds is 6. The predicted octanol–water partition coefficient (Wildman–Crippen LogP) is 1.83. The first kappa shape index (κ1) is 18.9. The lowest BCUT2D eigenvalue weighted by Gasteiger charge is -2.22. The molecule has 0 saturated carbocycles. The molecule has 8 nitrogen and oxygen atoms in total. The average molecular weight is 347 g/mol. The minimum atomic E-state index is -0.572. The largest absolute Gasteiger partial charge is 0.460 e. The number of hydrogen-bond donors (Lipinski definition) is 2. The molecule has 0 spiro atoms. The molecule has 0 aromatic carbocycles. The van der Waals surface area contributed by atoms with Crippen LogP contribution in [0.3, 0.4) is 0 Å². The first-order valence-corrected chi connectivity index (χ1v) is 8.16. The maximum atomic E-state index is 12.1. The van der Waals surface area contributed by atoms with E-state index in [1.807, 2.05) is 32.4 Å². The number of nitrogens with zero attached hydrogens (tertiary/aromatic N) is 4. The molecule has 0 bridgehead atoms. The molecule has 0 fully saturated rings. The molecule has 0 saturated heterocycles. The number of anilines is 1. The van der Waals surface area contributed by atoms with E-state index in [-0.39, 0.29) is 24.5 Å². The standard InChI is InChI=1S/C17H25N5O3/c1-6-25-16(24)15-20-13(17(2,3)4)7-14(21-15)19-11(9-23)12-8-18-10-22(12)5/h7-8,10-11,23H,6,9H2,1-5H3,(H,19,20,21). The number of carbonyl (C=O) groups is 1. The summed E-state index contributed by atoms with van der Waals surface area (Å²) >= 11 is 0. The molecule has 0 aliphatic rings. The van der Waals surface area contributed by atoms with Crippen LogP contribution in [0.25, 0.3) is 0 Å². The van der Waals surface area contributed by atoms with Crippen LogP contribution >= 0.6 is 0 Å². The van der Waals surface area contributed by atoms with Crippen molar-refractivity contribution in [3.05, 3.63) is 35.8 Å². The van der Waals surface area contributed by atoms with E-state index in [0.29, 0.717) is 11.5 Å². The Labute approximate surface area is 147 Å². The smallest absolute Gasteiger partial charge is 0.376 e. The number of aromatic nitrogens is 4. The maximum absolute atomic E-state index is 12.1. The molecule has 2 aromatic rings. The fourth-order valence-electron chi connectivity index (χ4n) is 2.29. The van der Waals surface area contributed by atoms with Gasteiger partial charge >= 0.3 is 5.97 Å².